The van der Waals surface area contributed by atoms with Crippen LogP contribution in [0.1, 0.15) is 33.1 Å². The van der Waals surface area contributed by atoms with Crippen molar-refractivity contribution >= 4 is 5.97 Å². The molecule has 106 valence electrons. The third-order valence-electron chi connectivity index (χ3n) is 5.70. The predicted octanol–water partition coefficient (Wildman–Crippen LogP) is 1.26. The van der Waals surface area contributed by atoms with E-state index < -0.39 is 12.2 Å². The normalized spacial score (nSPS) is 53.5. The fraction of sp³-hybridized carbons (Fsp3) is 0.800. The fourth-order valence-electron chi connectivity index (χ4n) is 4.73. The number of hydrogen-bond acceptors (Lipinski definition) is 4. The van der Waals surface area contributed by atoms with E-state index in [0.717, 1.165) is 6.42 Å². The molecule has 0 aromatic carbocycles. The van der Waals surface area contributed by atoms with Crippen LogP contribution in [-0.2, 0) is 9.53 Å². The largest absolute Gasteiger partial charge is 0.458 e. The zero-order valence-corrected chi connectivity index (χ0v) is 11.5. The number of carbonyl (C=O) groups excluding carboxylic acids is 1. The minimum atomic E-state index is -0.516. The van der Waals surface area contributed by atoms with Gasteiger partial charge in [0, 0.05) is 17.9 Å². The highest BCUT2D eigenvalue weighted by Crippen LogP contribution is 2.56. The van der Waals surface area contributed by atoms with Gasteiger partial charge in [-0.1, -0.05) is 20.4 Å². The lowest BCUT2D eigenvalue weighted by molar-refractivity contribution is -0.139. The molecule has 2 saturated carbocycles. The molecule has 0 radical (unpaired) electrons. The molecule has 0 unspecified atom stereocenters. The maximum absolute atomic E-state index is 11.7. The number of carbonyl (C=O) groups is 1. The lowest BCUT2D eigenvalue weighted by atomic mass is 9.69. The van der Waals surface area contributed by atoms with Crippen LogP contribution in [0.2, 0.25) is 0 Å². The van der Waals surface area contributed by atoms with Gasteiger partial charge in [0.05, 0.1) is 12.2 Å². The van der Waals surface area contributed by atoms with E-state index in [1.807, 2.05) is 6.92 Å². The van der Waals surface area contributed by atoms with E-state index in [1.165, 1.54) is 0 Å². The summed E-state index contributed by atoms with van der Waals surface area (Å²) in [6.07, 6.45) is 0.755. The van der Waals surface area contributed by atoms with Crippen LogP contribution in [0.15, 0.2) is 12.2 Å². The Kier molecular flexibility index (Phi) is 2.81. The molecule has 3 fully saturated rings. The van der Waals surface area contributed by atoms with Gasteiger partial charge in [0.1, 0.15) is 6.10 Å². The monoisotopic (exact) mass is 266 g/mol. The molecule has 2 aliphatic carbocycles. The molecule has 4 nitrogen and oxygen atoms in total. The molecule has 19 heavy (non-hydrogen) atoms. The number of aliphatic hydroxyl groups is 2. The Hall–Kier alpha value is -0.870. The van der Waals surface area contributed by atoms with Crippen molar-refractivity contribution in [2.45, 2.75) is 51.4 Å². The lowest BCUT2D eigenvalue weighted by Gasteiger charge is -2.37. The van der Waals surface area contributed by atoms with Crippen molar-refractivity contribution in [2.75, 3.05) is 0 Å². The quantitative estimate of drug-likeness (QED) is 0.512. The topological polar surface area (TPSA) is 66.8 Å². The minimum Gasteiger partial charge on any atom is -0.458 e. The molecule has 2 N–H and O–H groups in total. The SMILES string of the molecule is C=C1C(=O)O[C@H]2C[C@H](C)[C@@H]3[C@@H](O)C[C@H](O)[C@]3(C)C[C@@H]12. The smallest absolute Gasteiger partial charge is 0.334 e. The highest BCUT2D eigenvalue weighted by Gasteiger charge is 2.58. The van der Waals surface area contributed by atoms with Gasteiger partial charge >= 0.3 is 5.97 Å². The Morgan fingerprint density at radius 1 is 1.37 bits per heavy atom. The molecule has 4 heteroatoms. The van der Waals surface area contributed by atoms with Gasteiger partial charge in [0.2, 0.25) is 0 Å². The van der Waals surface area contributed by atoms with Crippen LogP contribution in [0.4, 0.5) is 0 Å². The highest BCUT2D eigenvalue weighted by atomic mass is 16.6. The van der Waals surface area contributed by atoms with Gasteiger partial charge in [0.15, 0.2) is 0 Å². The zero-order chi connectivity index (χ0) is 13.9. The van der Waals surface area contributed by atoms with Crippen LogP contribution in [0.25, 0.3) is 0 Å². The molecule has 1 heterocycles. The average Bonchev–Trinajstić information content (AvgIpc) is 2.63. The van der Waals surface area contributed by atoms with Gasteiger partial charge < -0.3 is 14.9 Å². The van der Waals surface area contributed by atoms with Gasteiger partial charge in [-0.05, 0) is 30.1 Å². The lowest BCUT2D eigenvalue weighted by Crippen LogP contribution is -2.37. The zero-order valence-electron chi connectivity index (χ0n) is 11.5. The van der Waals surface area contributed by atoms with E-state index in [0.29, 0.717) is 18.4 Å². The molecule has 0 bridgehead atoms. The highest BCUT2D eigenvalue weighted by molar-refractivity contribution is 5.90. The van der Waals surface area contributed by atoms with E-state index in [1.54, 1.807) is 0 Å². The first kappa shape index (κ1) is 13.1. The van der Waals surface area contributed by atoms with Crippen molar-refractivity contribution in [1.29, 1.82) is 0 Å². The molecule has 1 aliphatic heterocycles. The molecule has 1 saturated heterocycles. The van der Waals surface area contributed by atoms with Crippen molar-refractivity contribution in [3.05, 3.63) is 12.2 Å². The van der Waals surface area contributed by atoms with E-state index >= 15 is 0 Å². The summed E-state index contributed by atoms with van der Waals surface area (Å²) in [6.45, 7) is 7.98. The van der Waals surface area contributed by atoms with Gasteiger partial charge in [-0.3, -0.25) is 0 Å². The summed E-state index contributed by atoms with van der Waals surface area (Å²) in [6, 6.07) is 0. The minimum absolute atomic E-state index is 0.00935. The van der Waals surface area contributed by atoms with Crippen LogP contribution in [-0.4, -0.2) is 34.5 Å². The maximum Gasteiger partial charge on any atom is 0.334 e. The molecule has 0 aromatic heterocycles. The molecule has 0 spiro atoms. The van der Waals surface area contributed by atoms with Crippen molar-refractivity contribution in [3.63, 3.8) is 0 Å². The second kappa shape index (κ2) is 4.06. The Morgan fingerprint density at radius 2 is 2.05 bits per heavy atom. The second-order valence-corrected chi connectivity index (χ2v) is 6.84. The molecular formula is C15H22O4. The number of rotatable bonds is 0. The van der Waals surface area contributed by atoms with Crippen molar-refractivity contribution in [1.82, 2.24) is 0 Å². The number of fused-ring (bicyclic) bond motifs is 2. The number of hydrogen-bond donors (Lipinski definition) is 2. The Balaban J connectivity index is 1.98. The fourth-order valence-corrected chi connectivity index (χ4v) is 4.73. The first-order valence-electron chi connectivity index (χ1n) is 7.10. The third kappa shape index (κ3) is 1.69. The van der Waals surface area contributed by atoms with Gasteiger partial charge in [-0.2, -0.15) is 0 Å². The maximum atomic E-state index is 11.7. The van der Waals surface area contributed by atoms with Gasteiger partial charge in [-0.15, -0.1) is 0 Å². The van der Waals surface area contributed by atoms with E-state index in [4.69, 9.17) is 4.74 Å². The number of esters is 1. The summed E-state index contributed by atoms with van der Waals surface area (Å²) >= 11 is 0. The summed E-state index contributed by atoms with van der Waals surface area (Å²) in [7, 11) is 0. The van der Waals surface area contributed by atoms with Crippen molar-refractivity contribution in [2.24, 2.45) is 23.2 Å². The number of ether oxygens (including phenoxy) is 1. The molecular weight excluding hydrogens is 244 g/mol. The van der Waals surface area contributed by atoms with Gasteiger partial charge in [0.25, 0.3) is 0 Å². The van der Waals surface area contributed by atoms with Crippen molar-refractivity contribution in [3.8, 4) is 0 Å². The second-order valence-electron chi connectivity index (χ2n) is 6.84. The molecule has 3 aliphatic rings. The van der Waals surface area contributed by atoms with Crippen LogP contribution in [0, 0.1) is 23.2 Å². The summed E-state index contributed by atoms with van der Waals surface area (Å²) in [4.78, 5) is 11.7. The first-order valence-corrected chi connectivity index (χ1v) is 7.10. The molecule has 0 aromatic rings. The average molecular weight is 266 g/mol. The van der Waals surface area contributed by atoms with Gasteiger partial charge in [-0.25, -0.2) is 4.79 Å². The molecule has 7 atom stereocenters. The van der Waals surface area contributed by atoms with E-state index in [9.17, 15) is 15.0 Å². The standard InChI is InChI=1S/C15H22O4/c1-7-4-11-9(8(2)14(18)19-11)6-15(3)12(17)5-10(16)13(7)15/h7,9-13,16-17H,2,4-6H2,1,3H3/t7-,9-,10-,11-,12-,13+,15-/m0/s1. The Labute approximate surface area is 113 Å². The van der Waals surface area contributed by atoms with Crippen LogP contribution < -0.4 is 0 Å². The summed E-state index contributed by atoms with van der Waals surface area (Å²) in [5, 5.41) is 20.6. The van der Waals surface area contributed by atoms with Crippen LogP contribution >= 0.6 is 0 Å². The summed E-state index contributed by atoms with van der Waals surface area (Å²) in [5.41, 5.74) is 0.183. The first-order chi connectivity index (χ1) is 8.84. The Bertz CT molecular complexity index is 432. The summed E-state index contributed by atoms with van der Waals surface area (Å²) in [5.74, 6) is -0.00682. The van der Waals surface area contributed by atoms with Crippen LogP contribution in [0.3, 0.4) is 0 Å². The number of aliphatic hydroxyl groups excluding tert-OH is 2. The van der Waals surface area contributed by atoms with E-state index in [-0.39, 0.29) is 35.2 Å². The molecule has 3 rings (SSSR count). The molecule has 0 amide bonds. The third-order valence-corrected chi connectivity index (χ3v) is 5.70. The van der Waals surface area contributed by atoms with Crippen molar-refractivity contribution < 1.29 is 19.7 Å². The van der Waals surface area contributed by atoms with Crippen LogP contribution in [0.5, 0.6) is 0 Å². The predicted molar refractivity (Wildman–Crippen MR) is 69.1 cm³/mol. The van der Waals surface area contributed by atoms with E-state index in [2.05, 4.69) is 13.5 Å². The summed E-state index contributed by atoms with van der Waals surface area (Å²) < 4.78 is 5.41. The Morgan fingerprint density at radius 3 is 2.74 bits per heavy atom.